The fraction of sp³-hybridized carbons (Fsp3) is 0.176. The van der Waals surface area contributed by atoms with Gasteiger partial charge in [0, 0.05) is 11.6 Å². The van der Waals surface area contributed by atoms with Gasteiger partial charge in [0.25, 0.3) is 5.91 Å². The van der Waals surface area contributed by atoms with Crippen molar-refractivity contribution in [3.05, 3.63) is 53.8 Å². The number of nitrogens with one attached hydrogen (secondary N) is 2. The molecule has 2 aromatic carbocycles. The molecule has 0 atom stereocenters. The van der Waals surface area contributed by atoms with Crippen LogP contribution in [0.4, 0.5) is 10.1 Å². The average molecular weight is 332 g/mol. The maximum absolute atomic E-state index is 13.1. The van der Waals surface area contributed by atoms with Crippen molar-refractivity contribution in [2.45, 2.75) is 0 Å². The number of rotatable bonds is 6. The molecule has 0 aliphatic heterocycles. The van der Waals surface area contributed by atoms with Crippen molar-refractivity contribution >= 4 is 17.5 Å². The van der Waals surface area contributed by atoms with Crippen LogP contribution in [0.15, 0.2) is 42.5 Å². The Labute approximate surface area is 138 Å². The maximum Gasteiger partial charge on any atom is 0.251 e. The number of amides is 2. The summed E-state index contributed by atoms with van der Waals surface area (Å²) in [6, 6.07) is 10.2. The molecule has 7 heteroatoms. The molecule has 0 radical (unpaired) electrons. The van der Waals surface area contributed by atoms with Gasteiger partial charge in [-0.3, -0.25) is 9.59 Å². The minimum absolute atomic E-state index is 0.141. The largest absolute Gasteiger partial charge is 0.497 e. The topological polar surface area (TPSA) is 76.7 Å². The van der Waals surface area contributed by atoms with E-state index in [9.17, 15) is 14.0 Å². The Morgan fingerprint density at radius 2 is 1.88 bits per heavy atom. The van der Waals surface area contributed by atoms with Crippen molar-refractivity contribution in [2.24, 2.45) is 0 Å². The van der Waals surface area contributed by atoms with E-state index in [4.69, 9.17) is 9.47 Å². The number of hydrogen-bond acceptors (Lipinski definition) is 4. The second-order valence-electron chi connectivity index (χ2n) is 4.81. The molecule has 0 unspecified atom stereocenters. The highest BCUT2D eigenvalue weighted by atomic mass is 19.1. The van der Waals surface area contributed by atoms with Crippen LogP contribution in [0.25, 0.3) is 0 Å². The second kappa shape index (κ2) is 7.96. The van der Waals surface area contributed by atoms with Gasteiger partial charge in [-0.25, -0.2) is 4.39 Å². The van der Waals surface area contributed by atoms with E-state index in [1.807, 2.05) is 0 Å². The molecular formula is C17H17FN2O4. The lowest BCUT2D eigenvalue weighted by atomic mass is 10.2. The van der Waals surface area contributed by atoms with Crippen molar-refractivity contribution in [3.8, 4) is 11.5 Å². The third-order valence-electron chi connectivity index (χ3n) is 3.18. The van der Waals surface area contributed by atoms with Gasteiger partial charge in [-0.1, -0.05) is 6.07 Å². The summed E-state index contributed by atoms with van der Waals surface area (Å²) in [5.41, 5.74) is 0.559. The lowest BCUT2D eigenvalue weighted by Crippen LogP contribution is -2.33. The van der Waals surface area contributed by atoms with Crippen LogP contribution in [0.3, 0.4) is 0 Å². The molecule has 2 N–H and O–H groups in total. The Balaban J connectivity index is 1.97. The number of hydrogen-bond donors (Lipinski definition) is 2. The van der Waals surface area contributed by atoms with Gasteiger partial charge >= 0.3 is 0 Å². The summed E-state index contributed by atoms with van der Waals surface area (Å²) in [5.74, 6) is -0.503. The first-order valence-corrected chi connectivity index (χ1v) is 7.09. The Bertz CT molecular complexity index is 749. The van der Waals surface area contributed by atoms with Gasteiger partial charge in [0.2, 0.25) is 5.91 Å². The van der Waals surface area contributed by atoms with E-state index in [2.05, 4.69) is 10.6 Å². The third-order valence-corrected chi connectivity index (χ3v) is 3.18. The van der Waals surface area contributed by atoms with Gasteiger partial charge in [-0.05, 0) is 30.3 Å². The van der Waals surface area contributed by atoms with Crippen LogP contribution in [0, 0.1) is 5.82 Å². The molecule has 2 aromatic rings. The van der Waals surface area contributed by atoms with Crippen molar-refractivity contribution in [1.29, 1.82) is 0 Å². The van der Waals surface area contributed by atoms with Gasteiger partial charge in [-0.15, -0.1) is 0 Å². The van der Waals surface area contributed by atoms with Crippen molar-refractivity contribution < 1.29 is 23.5 Å². The monoisotopic (exact) mass is 332 g/mol. The summed E-state index contributed by atoms with van der Waals surface area (Å²) >= 11 is 0. The Kier molecular flexibility index (Phi) is 5.73. The SMILES string of the molecule is COc1ccc(OC)c(NC(=O)CNC(=O)c2cccc(F)c2)c1. The molecule has 24 heavy (non-hydrogen) atoms. The number of anilines is 1. The van der Waals surface area contributed by atoms with E-state index < -0.39 is 17.6 Å². The fourth-order valence-electron chi connectivity index (χ4n) is 2.00. The van der Waals surface area contributed by atoms with Crippen LogP contribution in [0.2, 0.25) is 0 Å². The van der Waals surface area contributed by atoms with Crippen LogP contribution in [0.5, 0.6) is 11.5 Å². The molecule has 0 spiro atoms. The molecule has 0 heterocycles. The van der Waals surface area contributed by atoms with Gasteiger partial charge in [0.15, 0.2) is 0 Å². The highest BCUT2D eigenvalue weighted by Gasteiger charge is 2.11. The van der Waals surface area contributed by atoms with E-state index in [-0.39, 0.29) is 12.1 Å². The fourth-order valence-corrected chi connectivity index (χ4v) is 2.00. The first-order chi connectivity index (χ1) is 11.5. The molecule has 0 fully saturated rings. The highest BCUT2D eigenvalue weighted by molar-refractivity contribution is 5.99. The predicted molar refractivity (Wildman–Crippen MR) is 86.9 cm³/mol. The predicted octanol–water partition coefficient (Wildman–Crippen LogP) is 2.21. The lowest BCUT2D eigenvalue weighted by molar-refractivity contribution is -0.115. The molecule has 6 nitrogen and oxygen atoms in total. The molecule has 0 aliphatic carbocycles. The van der Waals surface area contributed by atoms with E-state index in [1.165, 1.54) is 32.4 Å². The number of carbonyl (C=O) groups is 2. The zero-order valence-corrected chi connectivity index (χ0v) is 13.3. The minimum Gasteiger partial charge on any atom is -0.497 e. The summed E-state index contributed by atoms with van der Waals surface area (Å²) in [5, 5.41) is 5.04. The Morgan fingerprint density at radius 3 is 2.54 bits per heavy atom. The van der Waals surface area contributed by atoms with Gasteiger partial charge in [0.05, 0.1) is 26.5 Å². The zero-order chi connectivity index (χ0) is 17.5. The third kappa shape index (κ3) is 4.45. The summed E-state index contributed by atoms with van der Waals surface area (Å²) in [6.45, 7) is -0.268. The van der Waals surface area contributed by atoms with E-state index in [0.717, 1.165) is 6.07 Å². The summed E-state index contributed by atoms with van der Waals surface area (Å²) in [6.07, 6.45) is 0. The molecule has 0 aliphatic rings. The van der Waals surface area contributed by atoms with Crippen molar-refractivity contribution in [3.63, 3.8) is 0 Å². The molecule has 0 saturated carbocycles. The zero-order valence-electron chi connectivity index (χ0n) is 13.3. The van der Waals surface area contributed by atoms with E-state index in [1.54, 1.807) is 18.2 Å². The van der Waals surface area contributed by atoms with E-state index in [0.29, 0.717) is 17.2 Å². The molecule has 0 aromatic heterocycles. The molecule has 0 saturated heterocycles. The van der Waals surface area contributed by atoms with Gasteiger partial charge < -0.3 is 20.1 Å². The number of benzene rings is 2. The first kappa shape index (κ1) is 17.3. The first-order valence-electron chi connectivity index (χ1n) is 7.09. The van der Waals surface area contributed by atoms with Crippen LogP contribution < -0.4 is 20.1 Å². The molecule has 0 bridgehead atoms. The normalized spacial score (nSPS) is 9.96. The number of halogens is 1. The van der Waals surface area contributed by atoms with E-state index >= 15 is 0 Å². The molecule has 2 amide bonds. The quantitative estimate of drug-likeness (QED) is 0.850. The van der Waals surface area contributed by atoms with Crippen LogP contribution in [-0.4, -0.2) is 32.6 Å². The maximum atomic E-state index is 13.1. The Morgan fingerprint density at radius 1 is 1.08 bits per heavy atom. The minimum atomic E-state index is -0.540. The van der Waals surface area contributed by atoms with Crippen LogP contribution in [0.1, 0.15) is 10.4 Å². The van der Waals surface area contributed by atoms with Crippen LogP contribution in [-0.2, 0) is 4.79 Å². The van der Waals surface area contributed by atoms with Crippen LogP contribution >= 0.6 is 0 Å². The lowest BCUT2D eigenvalue weighted by Gasteiger charge is -2.12. The number of carbonyl (C=O) groups excluding carboxylic acids is 2. The number of methoxy groups -OCH3 is 2. The Hall–Kier alpha value is -3.09. The van der Waals surface area contributed by atoms with Gasteiger partial charge in [-0.2, -0.15) is 0 Å². The molecule has 2 rings (SSSR count). The van der Waals surface area contributed by atoms with Gasteiger partial charge in [0.1, 0.15) is 17.3 Å². The van der Waals surface area contributed by atoms with Crippen molar-refractivity contribution in [2.75, 3.05) is 26.1 Å². The average Bonchev–Trinajstić information content (AvgIpc) is 2.59. The highest BCUT2D eigenvalue weighted by Crippen LogP contribution is 2.28. The van der Waals surface area contributed by atoms with Crippen molar-refractivity contribution in [1.82, 2.24) is 5.32 Å². The smallest absolute Gasteiger partial charge is 0.251 e. The summed E-state index contributed by atoms with van der Waals surface area (Å²) in [4.78, 5) is 23.9. The summed E-state index contributed by atoms with van der Waals surface area (Å²) < 4.78 is 23.3. The second-order valence-corrected chi connectivity index (χ2v) is 4.81. The number of ether oxygens (including phenoxy) is 2. The molecular weight excluding hydrogens is 315 g/mol. The summed E-state index contributed by atoms with van der Waals surface area (Å²) in [7, 11) is 2.98. The standard InChI is InChI=1S/C17H17FN2O4/c1-23-13-6-7-15(24-2)14(9-13)20-16(21)10-19-17(22)11-4-3-5-12(18)8-11/h3-9H,10H2,1-2H3,(H,19,22)(H,20,21). The molecule has 126 valence electrons.